The van der Waals surface area contributed by atoms with E-state index in [1.54, 1.807) is 24.3 Å². The zero-order chi connectivity index (χ0) is 15.7. The number of benzene rings is 1. The second kappa shape index (κ2) is 6.85. The molecule has 1 amide bonds. The number of hydrogen-bond donors (Lipinski definition) is 2. The van der Waals surface area contributed by atoms with Crippen molar-refractivity contribution in [2.24, 2.45) is 5.73 Å². The molecule has 1 saturated heterocycles. The molecule has 1 fully saturated rings. The number of amides is 1. The van der Waals surface area contributed by atoms with Crippen LogP contribution in [0.5, 0.6) is 0 Å². The third kappa shape index (κ3) is 4.12. The summed E-state index contributed by atoms with van der Waals surface area (Å²) in [4.78, 5) is 12.2. The predicted molar refractivity (Wildman–Crippen MR) is 90.0 cm³/mol. The molecule has 1 aromatic rings. The summed E-state index contributed by atoms with van der Waals surface area (Å²) in [6.45, 7) is 4.44. The lowest BCUT2D eigenvalue weighted by atomic mass is 10.1. The Balaban J connectivity index is 0.00000242. The first kappa shape index (κ1) is 18.7. The number of nitrogens with one attached hydrogen (secondary N) is 1. The lowest BCUT2D eigenvalue weighted by molar-refractivity contribution is 0.0915. The van der Waals surface area contributed by atoms with Gasteiger partial charge in [0.15, 0.2) is 0 Å². The third-order valence-corrected chi connectivity index (χ3v) is 5.33. The van der Waals surface area contributed by atoms with Gasteiger partial charge >= 0.3 is 0 Å². The minimum atomic E-state index is -3.24. The molecular formula is C14H22ClN3O3S. The molecule has 0 atom stereocenters. The monoisotopic (exact) mass is 347 g/mol. The van der Waals surface area contributed by atoms with Crippen LogP contribution in [0.15, 0.2) is 24.3 Å². The van der Waals surface area contributed by atoms with Gasteiger partial charge in [0, 0.05) is 24.2 Å². The Bertz CT molecular complexity index is 646. The second-order valence-electron chi connectivity index (χ2n) is 5.83. The van der Waals surface area contributed by atoms with Gasteiger partial charge in [0.1, 0.15) is 0 Å². The Morgan fingerprint density at radius 3 is 2.64 bits per heavy atom. The molecule has 2 rings (SSSR count). The van der Waals surface area contributed by atoms with Crippen molar-refractivity contribution in [2.75, 3.05) is 23.1 Å². The number of carbonyl (C=O) groups is 1. The molecule has 6 nitrogen and oxygen atoms in total. The Morgan fingerprint density at radius 2 is 2.09 bits per heavy atom. The largest absolute Gasteiger partial charge is 0.346 e. The summed E-state index contributed by atoms with van der Waals surface area (Å²) in [6, 6.07) is 6.65. The molecular weight excluding hydrogens is 326 g/mol. The first-order valence-electron chi connectivity index (χ1n) is 6.88. The van der Waals surface area contributed by atoms with Gasteiger partial charge in [-0.3, -0.25) is 9.10 Å². The van der Waals surface area contributed by atoms with Gasteiger partial charge in [0.2, 0.25) is 10.0 Å². The lowest BCUT2D eigenvalue weighted by Crippen LogP contribution is -2.48. The van der Waals surface area contributed by atoms with Crippen LogP contribution in [0.4, 0.5) is 5.69 Å². The highest BCUT2D eigenvalue weighted by Crippen LogP contribution is 2.24. The number of carbonyl (C=O) groups excluding carboxylic acids is 1. The molecule has 124 valence electrons. The van der Waals surface area contributed by atoms with Crippen LogP contribution in [0.3, 0.4) is 0 Å². The minimum Gasteiger partial charge on any atom is -0.346 e. The number of nitrogens with two attached hydrogens (primary N) is 1. The molecule has 8 heteroatoms. The normalized spacial score (nSPS) is 17.0. The van der Waals surface area contributed by atoms with Crippen LogP contribution in [0.1, 0.15) is 30.6 Å². The van der Waals surface area contributed by atoms with Crippen molar-refractivity contribution in [3.8, 4) is 0 Å². The van der Waals surface area contributed by atoms with Gasteiger partial charge in [0.25, 0.3) is 5.91 Å². The van der Waals surface area contributed by atoms with Gasteiger partial charge in [-0.15, -0.1) is 12.4 Å². The van der Waals surface area contributed by atoms with E-state index in [1.807, 2.05) is 13.8 Å². The van der Waals surface area contributed by atoms with E-state index in [1.165, 1.54) is 4.31 Å². The summed E-state index contributed by atoms with van der Waals surface area (Å²) in [5.74, 6) is -0.104. The fraction of sp³-hybridized carbons (Fsp3) is 0.500. The van der Waals surface area contributed by atoms with E-state index < -0.39 is 15.6 Å². The maximum absolute atomic E-state index is 12.2. The number of nitrogens with zero attached hydrogens (tertiary/aromatic N) is 1. The molecule has 0 aromatic heterocycles. The van der Waals surface area contributed by atoms with E-state index in [2.05, 4.69) is 5.32 Å². The Hall–Kier alpha value is -1.31. The average molecular weight is 348 g/mol. The van der Waals surface area contributed by atoms with Crippen LogP contribution in [0.25, 0.3) is 0 Å². The maximum atomic E-state index is 12.2. The van der Waals surface area contributed by atoms with Crippen molar-refractivity contribution in [3.05, 3.63) is 29.8 Å². The van der Waals surface area contributed by atoms with Crippen LogP contribution in [-0.2, 0) is 10.0 Å². The molecule has 0 unspecified atom stereocenters. The molecule has 1 aromatic carbocycles. The van der Waals surface area contributed by atoms with Crippen molar-refractivity contribution < 1.29 is 13.2 Å². The van der Waals surface area contributed by atoms with Crippen molar-refractivity contribution >= 4 is 34.0 Å². The van der Waals surface area contributed by atoms with Crippen LogP contribution >= 0.6 is 12.4 Å². The van der Waals surface area contributed by atoms with Gasteiger partial charge in [0.05, 0.1) is 11.4 Å². The average Bonchev–Trinajstić information content (AvgIpc) is 2.78. The molecule has 0 aliphatic carbocycles. The quantitative estimate of drug-likeness (QED) is 0.853. The predicted octanol–water partition coefficient (Wildman–Crippen LogP) is 1.12. The molecule has 1 aliphatic heterocycles. The minimum absolute atomic E-state index is 0. The third-order valence-electron chi connectivity index (χ3n) is 3.46. The number of rotatable bonds is 4. The topological polar surface area (TPSA) is 92.5 Å². The van der Waals surface area contributed by atoms with E-state index in [9.17, 15) is 13.2 Å². The second-order valence-corrected chi connectivity index (χ2v) is 7.85. The van der Waals surface area contributed by atoms with Gasteiger partial charge < -0.3 is 11.1 Å². The molecule has 1 heterocycles. The highest BCUT2D eigenvalue weighted by atomic mass is 35.5. The molecule has 0 spiro atoms. The van der Waals surface area contributed by atoms with Crippen LogP contribution < -0.4 is 15.4 Å². The number of anilines is 1. The summed E-state index contributed by atoms with van der Waals surface area (Å²) in [6.07, 6.45) is 0.610. The summed E-state index contributed by atoms with van der Waals surface area (Å²) in [5.41, 5.74) is 6.05. The van der Waals surface area contributed by atoms with Crippen LogP contribution in [-0.4, -0.2) is 38.7 Å². The van der Waals surface area contributed by atoms with Crippen LogP contribution in [0.2, 0.25) is 0 Å². The van der Waals surface area contributed by atoms with Crippen LogP contribution in [0, 0.1) is 0 Å². The Kier molecular flexibility index (Phi) is 5.83. The van der Waals surface area contributed by atoms with Crippen molar-refractivity contribution in [2.45, 2.75) is 25.8 Å². The number of halogens is 1. The standard InChI is InChI=1S/C14H21N3O3S.ClH/c1-14(2,10-15)16-13(18)11-5-3-6-12(9-11)17-7-4-8-21(17,19)20;/h3,5-6,9H,4,7-8,10,15H2,1-2H3,(H,16,18);1H. The van der Waals surface area contributed by atoms with E-state index in [-0.39, 0.29) is 24.1 Å². The van der Waals surface area contributed by atoms with Gasteiger partial charge in [-0.1, -0.05) is 6.07 Å². The SMILES string of the molecule is CC(C)(CN)NC(=O)c1cccc(N2CCCS2(=O)=O)c1.Cl. The highest BCUT2D eigenvalue weighted by molar-refractivity contribution is 7.93. The summed E-state index contributed by atoms with van der Waals surface area (Å²) >= 11 is 0. The summed E-state index contributed by atoms with van der Waals surface area (Å²) < 4.78 is 25.2. The smallest absolute Gasteiger partial charge is 0.251 e. The first-order valence-corrected chi connectivity index (χ1v) is 8.49. The highest BCUT2D eigenvalue weighted by Gasteiger charge is 2.29. The van der Waals surface area contributed by atoms with E-state index >= 15 is 0 Å². The Morgan fingerprint density at radius 1 is 1.41 bits per heavy atom. The fourth-order valence-electron chi connectivity index (χ4n) is 2.16. The van der Waals surface area contributed by atoms with E-state index in [0.29, 0.717) is 30.8 Å². The van der Waals surface area contributed by atoms with Crippen molar-refractivity contribution in [3.63, 3.8) is 0 Å². The zero-order valence-corrected chi connectivity index (χ0v) is 14.3. The Labute approximate surface area is 137 Å². The maximum Gasteiger partial charge on any atom is 0.251 e. The molecule has 3 N–H and O–H groups in total. The molecule has 22 heavy (non-hydrogen) atoms. The molecule has 1 aliphatic rings. The van der Waals surface area contributed by atoms with Crippen molar-refractivity contribution in [1.29, 1.82) is 0 Å². The van der Waals surface area contributed by atoms with Gasteiger partial charge in [-0.25, -0.2) is 8.42 Å². The lowest BCUT2D eigenvalue weighted by Gasteiger charge is -2.24. The zero-order valence-electron chi connectivity index (χ0n) is 12.7. The molecule has 0 saturated carbocycles. The fourth-order valence-corrected chi connectivity index (χ4v) is 3.72. The first-order chi connectivity index (χ1) is 9.75. The van der Waals surface area contributed by atoms with E-state index in [4.69, 9.17) is 5.73 Å². The van der Waals surface area contributed by atoms with E-state index in [0.717, 1.165) is 0 Å². The summed E-state index contributed by atoms with van der Waals surface area (Å²) in [5, 5.41) is 2.83. The number of sulfonamides is 1. The summed E-state index contributed by atoms with van der Waals surface area (Å²) in [7, 11) is -3.24. The van der Waals surface area contributed by atoms with Gasteiger partial charge in [-0.05, 0) is 38.5 Å². The van der Waals surface area contributed by atoms with Crippen molar-refractivity contribution in [1.82, 2.24) is 5.32 Å². The molecule has 0 bridgehead atoms. The van der Waals surface area contributed by atoms with Gasteiger partial charge in [-0.2, -0.15) is 0 Å². The number of hydrogen-bond acceptors (Lipinski definition) is 4. The molecule has 0 radical (unpaired) electrons.